The van der Waals surface area contributed by atoms with Gasteiger partial charge in [-0.25, -0.2) is 0 Å². The third-order valence-electron chi connectivity index (χ3n) is 4.28. The molecule has 23 heavy (non-hydrogen) atoms. The van der Waals surface area contributed by atoms with Crippen molar-refractivity contribution in [2.45, 2.75) is 33.2 Å². The highest BCUT2D eigenvalue weighted by Gasteiger charge is 2.32. The molecule has 6 heteroatoms. The molecule has 0 saturated carbocycles. The van der Waals surface area contributed by atoms with Gasteiger partial charge < -0.3 is 15.2 Å². The van der Waals surface area contributed by atoms with Gasteiger partial charge in [0.2, 0.25) is 0 Å². The summed E-state index contributed by atoms with van der Waals surface area (Å²) >= 11 is 6.37. The molecule has 1 aromatic rings. The van der Waals surface area contributed by atoms with E-state index < -0.39 is 0 Å². The second-order valence-electron chi connectivity index (χ2n) is 6.43. The third-order valence-corrected chi connectivity index (χ3v) is 4.56. The van der Waals surface area contributed by atoms with Crippen LogP contribution >= 0.6 is 24.0 Å². The molecule has 0 amide bonds. The zero-order valence-electron chi connectivity index (χ0n) is 14.2. The SMILES string of the molecule is CCCOc1c(Cl)cc(CN2CCC(C)(CN)C2)cc1OC.Cl. The molecule has 0 aromatic heterocycles. The molecule has 1 saturated heterocycles. The summed E-state index contributed by atoms with van der Waals surface area (Å²) in [6.07, 6.45) is 2.08. The number of benzene rings is 1. The van der Waals surface area contributed by atoms with E-state index >= 15 is 0 Å². The van der Waals surface area contributed by atoms with Crippen molar-refractivity contribution < 1.29 is 9.47 Å². The van der Waals surface area contributed by atoms with Crippen molar-refractivity contribution in [3.8, 4) is 11.5 Å². The van der Waals surface area contributed by atoms with Crippen molar-refractivity contribution in [2.24, 2.45) is 11.1 Å². The zero-order valence-corrected chi connectivity index (χ0v) is 15.8. The maximum Gasteiger partial charge on any atom is 0.179 e. The molecule has 1 unspecified atom stereocenters. The van der Waals surface area contributed by atoms with Crippen molar-refractivity contribution in [1.29, 1.82) is 0 Å². The first-order valence-corrected chi connectivity index (χ1v) is 8.31. The van der Waals surface area contributed by atoms with E-state index in [1.807, 2.05) is 12.1 Å². The quantitative estimate of drug-likeness (QED) is 0.802. The monoisotopic (exact) mass is 362 g/mol. The van der Waals surface area contributed by atoms with Gasteiger partial charge in [-0.2, -0.15) is 0 Å². The first kappa shape index (κ1) is 20.4. The molecule has 1 heterocycles. The Morgan fingerprint density at radius 1 is 1.39 bits per heavy atom. The minimum Gasteiger partial charge on any atom is -0.493 e. The smallest absolute Gasteiger partial charge is 0.179 e. The van der Waals surface area contributed by atoms with Gasteiger partial charge in [0, 0.05) is 13.1 Å². The Balaban J connectivity index is 0.00000264. The molecule has 2 rings (SSSR count). The van der Waals surface area contributed by atoms with E-state index in [2.05, 4.69) is 18.7 Å². The van der Waals surface area contributed by atoms with E-state index in [1.165, 1.54) is 0 Å². The Morgan fingerprint density at radius 3 is 2.70 bits per heavy atom. The highest BCUT2D eigenvalue weighted by molar-refractivity contribution is 6.32. The lowest BCUT2D eigenvalue weighted by molar-refractivity contribution is 0.272. The van der Waals surface area contributed by atoms with Crippen LogP contribution in [0.4, 0.5) is 0 Å². The van der Waals surface area contributed by atoms with Gasteiger partial charge in [0.15, 0.2) is 11.5 Å². The number of methoxy groups -OCH3 is 1. The van der Waals surface area contributed by atoms with Crippen LogP contribution in [0, 0.1) is 5.41 Å². The fraction of sp³-hybridized carbons (Fsp3) is 0.647. The standard InChI is InChI=1S/C17H27ClN2O2.ClH/c1-4-7-22-16-14(18)8-13(9-15(16)21-3)10-20-6-5-17(2,11-19)12-20;/h8-9H,4-7,10-12,19H2,1-3H3;1H. The molecule has 0 bridgehead atoms. The van der Waals surface area contributed by atoms with E-state index in [0.29, 0.717) is 23.1 Å². The van der Waals surface area contributed by atoms with Gasteiger partial charge in [0.1, 0.15) is 0 Å². The number of likely N-dealkylation sites (tertiary alicyclic amines) is 1. The Morgan fingerprint density at radius 2 is 2.13 bits per heavy atom. The summed E-state index contributed by atoms with van der Waals surface area (Å²) in [4.78, 5) is 2.42. The zero-order chi connectivity index (χ0) is 16.2. The number of hydrogen-bond acceptors (Lipinski definition) is 4. The lowest BCUT2D eigenvalue weighted by Gasteiger charge is -2.23. The number of nitrogens with zero attached hydrogens (tertiary/aromatic N) is 1. The van der Waals surface area contributed by atoms with Crippen LogP contribution in [0.1, 0.15) is 32.3 Å². The fourth-order valence-corrected chi connectivity index (χ4v) is 3.18. The van der Waals surface area contributed by atoms with Crippen LogP contribution in [0.15, 0.2) is 12.1 Å². The van der Waals surface area contributed by atoms with Gasteiger partial charge in [-0.05, 0) is 49.0 Å². The highest BCUT2D eigenvalue weighted by Crippen LogP contribution is 2.37. The van der Waals surface area contributed by atoms with Gasteiger partial charge in [-0.1, -0.05) is 25.4 Å². The molecule has 1 aromatic carbocycles. The van der Waals surface area contributed by atoms with Gasteiger partial charge >= 0.3 is 0 Å². The van der Waals surface area contributed by atoms with E-state index in [-0.39, 0.29) is 17.8 Å². The second kappa shape index (κ2) is 8.97. The first-order valence-electron chi connectivity index (χ1n) is 7.93. The van der Waals surface area contributed by atoms with Crippen molar-refractivity contribution in [3.05, 3.63) is 22.7 Å². The molecule has 0 spiro atoms. The summed E-state index contributed by atoms with van der Waals surface area (Å²) in [7, 11) is 1.65. The van der Waals surface area contributed by atoms with E-state index in [0.717, 1.165) is 44.6 Å². The minimum atomic E-state index is 0. The maximum atomic E-state index is 6.37. The average Bonchev–Trinajstić information content (AvgIpc) is 2.87. The first-order chi connectivity index (χ1) is 10.5. The Hall–Kier alpha value is -0.680. The minimum absolute atomic E-state index is 0. The number of hydrogen-bond donors (Lipinski definition) is 1. The normalized spacial score (nSPS) is 21.1. The van der Waals surface area contributed by atoms with Crippen LogP contribution < -0.4 is 15.2 Å². The van der Waals surface area contributed by atoms with Crippen molar-refractivity contribution in [1.82, 2.24) is 4.90 Å². The molecule has 132 valence electrons. The summed E-state index contributed by atoms with van der Waals surface area (Å²) in [5.74, 6) is 1.35. The van der Waals surface area contributed by atoms with Crippen LogP contribution in [0.3, 0.4) is 0 Å². The van der Waals surface area contributed by atoms with Gasteiger partial charge in [0.05, 0.1) is 18.7 Å². The number of nitrogens with two attached hydrogens (primary N) is 1. The molecule has 1 fully saturated rings. The maximum absolute atomic E-state index is 6.37. The highest BCUT2D eigenvalue weighted by atomic mass is 35.5. The predicted molar refractivity (Wildman–Crippen MR) is 98.1 cm³/mol. The molecule has 1 atom stereocenters. The lowest BCUT2D eigenvalue weighted by Crippen LogP contribution is -2.31. The second-order valence-corrected chi connectivity index (χ2v) is 6.84. The third kappa shape index (κ3) is 5.15. The Kier molecular flexibility index (Phi) is 7.95. The topological polar surface area (TPSA) is 47.7 Å². The van der Waals surface area contributed by atoms with E-state index in [4.69, 9.17) is 26.8 Å². The summed E-state index contributed by atoms with van der Waals surface area (Å²) in [5, 5.41) is 0.614. The molecule has 0 radical (unpaired) electrons. The number of halogens is 2. The predicted octanol–water partition coefficient (Wildman–Crippen LogP) is 3.73. The van der Waals surface area contributed by atoms with Crippen molar-refractivity contribution in [3.63, 3.8) is 0 Å². The average molecular weight is 363 g/mol. The van der Waals surface area contributed by atoms with Crippen LogP contribution in [0.25, 0.3) is 0 Å². The van der Waals surface area contributed by atoms with Crippen LogP contribution in [-0.4, -0.2) is 38.3 Å². The molecular weight excluding hydrogens is 335 g/mol. The van der Waals surface area contributed by atoms with Crippen LogP contribution in [0.5, 0.6) is 11.5 Å². The summed E-state index contributed by atoms with van der Waals surface area (Å²) in [6.45, 7) is 8.64. The van der Waals surface area contributed by atoms with Gasteiger partial charge in [-0.15, -0.1) is 12.4 Å². The fourth-order valence-electron chi connectivity index (χ4n) is 2.89. The number of ether oxygens (including phenoxy) is 2. The molecule has 1 aliphatic rings. The van der Waals surface area contributed by atoms with Gasteiger partial charge in [-0.3, -0.25) is 4.90 Å². The summed E-state index contributed by atoms with van der Waals surface area (Å²) in [5.41, 5.74) is 7.26. The van der Waals surface area contributed by atoms with Crippen LogP contribution in [0.2, 0.25) is 5.02 Å². The van der Waals surface area contributed by atoms with E-state index in [9.17, 15) is 0 Å². The summed E-state index contributed by atoms with van der Waals surface area (Å²) in [6, 6.07) is 4.00. The number of rotatable bonds is 7. The van der Waals surface area contributed by atoms with Crippen LogP contribution in [-0.2, 0) is 6.54 Å². The Bertz CT molecular complexity index is 514. The summed E-state index contributed by atoms with van der Waals surface area (Å²) < 4.78 is 11.1. The molecular formula is C17H28Cl2N2O2. The van der Waals surface area contributed by atoms with Crippen molar-refractivity contribution in [2.75, 3.05) is 33.4 Å². The molecule has 2 N–H and O–H groups in total. The largest absolute Gasteiger partial charge is 0.493 e. The molecule has 4 nitrogen and oxygen atoms in total. The lowest BCUT2D eigenvalue weighted by atomic mass is 9.90. The van der Waals surface area contributed by atoms with E-state index in [1.54, 1.807) is 7.11 Å². The Labute approximate surface area is 150 Å². The van der Waals surface area contributed by atoms with Crippen molar-refractivity contribution >= 4 is 24.0 Å². The molecule has 0 aliphatic carbocycles. The molecule has 1 aliphatic heterocycles. The van der Waals surface area contributed by atoms with Gasteiger partial charge in [0.25, 0.3) is 0 Å².